The second-order valence-electron chi connectivity index (χ2n) is 8.66. The van der Waals surface area contributed by atoms with Crippen molar-refractivity contribution in [1.82, 2.24) is 4.90 Å². The first kappa shape index (κ1) is 24.5. The molecule has 0 bridgehead atoms. The number of ether oxygens (including phenoxy) is 2. The van der Waals surface area contributed by atoms with Gasteiger partial charge in [0.25, 0.3) is 11.8 Å². The molecule has 0 saturated heterocycles. The Morgan fingerprint density at radius 1 is 0.919 bits per heavy atom. The van der Waals surface area contributed by atoms with E-state index in [0.29, 0.717) is 46.6 Å². The van der Waals surface area contributed by atoms with Crippen molar-refractivity contribution >= 4 is 29.1 Å². The minimum atomic E-state index is -0.250. The molecule has 2 amide bonds. The molecule has 7 nitrogen and oxygen atoms in total. The minimum absolute atomic E-state index is 0.169. The van der Waals surface area contributed by atoms with Crippen LogP contribution in [0.4, 0.5) is 5.69 Å². The average molecular weight is 517 g/mol. The summed E-state index contributed by atoms with van der Waals surface area (Å²) in [6.07, 6.45) is 0.720. The van der Waals surface area contributed by atoms with E-state index >= 15 is 0 Å². The lowest BCUT2D eigenvalue weighted by Gasteiger charge is -2.29. The Labute approximate surface area is 219 Å². The zero-order valence-electron chi connectivity index (χ0n) is 20.4. The number of amides is 2. The molecule has 5 rings (SSSR count). The van der Waals surface area contributed by atoms with E-state index in [1.165, 1.54) is 0 Å². The second kappa shape index (κ2) is 10.4. The highest BCUT2D eigenvalue weighted by Gasteiger charge is 2.25. The van der Waals surface area contributed by atoms with Gasteiger partial charge in [0.2, 0.25) is 0 Å². The van der Waals surface area contributed by atoms with E-state index < -0.39 is 0 Å². The summed E-state index contributed by atoms with van der Waals surface area (Å²) in [6, 6.07) is 21.4. The number of rotatable bonds is 6. The van der Waals surface area contributed by atoms with E-state index in [1.807, 2.05) is 24.3 Å². The third-order valence-electron chi connectivity index (χ3n) is 6.34. The fourth-order valence-corrected chi connectivity index (χ4v) is 4.56. The lowest BCUT2D eigenvalue weighted by molar-refractivity contribution is 0.0703. The highest BCUT2D eigenvalue weighted by Crippen LogP contribution is 2.34. The van der Waals surface area contributed by atoms with E-state index in [-0.39, 0.29) is 17.6 Å². The van der Waals surface area contributed by atoms with Crippen molar-refractivity contribution in [1.29, 1.82) is 0 Å². The number of hydrogen-bond acceptors (Lipinski definition) is 5. The van der Waals surface area contributed by atoms with Crippen LogP contribution in [0.2, 0.25) is 5.02 Å². The van der Waals surface area contributed by atoms with Crippen molar-refractivity contribution in [3.63, 3.8) is 0 Å². The molecular weight excluding hydrogens is 492 g/mol. The maximum absolute atomic E-state index is 13.2. The van der Waals surface area contributed by atoms with Crippen LogP contribution in [-0.2, 0) is 13.0 Å². The number of nitrogens with zero attached hydrogens (tertiary/aromatic N) is 1. The fraction of sp³-hybridized carbons (Fsp3) is 0.172. The van der Waals surface area contributed by atoms with Crippen LogP contribution >= 0.6 is 11.6 Å². The van der Waals surface area contributed by atoms with Crippen molar-refractivity contribution in [2.24, 2.45) is 0 Å². The Morgan fingerprint density at radius 2 is 1.65 bits per heavy atom. The number of carbonyl (C=O) groups excluding carboxylic acids is 2. The molecule has 8 heteroatoms. The summed E-state index contributed by atoms with van der Waals surface area (Å²) < 4.78 is 16.7. The Morgan fingerprint density at radius 3 is 2.35 bits per heavy atom. The van der Waals surface area contributed by atoms with Crippen molar-refractivity contribution in [2.45, 2.75) is 13.0 Å². The molecule has 0 saturated carbocycles. The van der Waals surface area contributed by atoms with Crippen LogP contribution < -0.4 is 14.8 Å². The van der Waals surface area contributed by atoms with Crippen molar-refractivity contribution in [2.75, 3.05) is 26.1 Å². The lowest BCUT2D eigenvalue weighted by Crippen LogP contribution is -2.35. The van der Waals surface area contributed by atoms with Gasteiger partial charge < -0.3 is 24.1 Å². The predicted octanol–water partition coefficient (Wildman–Crippen LogP) is 6.07. The van der Waals surface area contributed by atoms with Gasteiger partial charge in [0.1, 0.15) is 5.76 Å². The Bertz CT molecular complexity index is 1460. The van der Waals surface area contributed by atoms with Crippen molar-refractivity contribution in [3.05, 3.63) is 100 Å². The summed E-state index contributed by atoms with van der Waals surface area (Å²) in [5.74, 6) is 1.75. The summed E-state index contributed by atoms with van der Waals surface area (Å²) >= 11 is 5.97. The zero-order chi connectivity index (χ0) is 25.9. The number of carbonyl (C=O) groups is 2. The van der Waals surface area contributed by atoms with Gasteiger partial charge in [-0.15, -0.1) is 0 Å². The first-order valence-electron chi connectivity index (χ1n) is 11.8. The van der Waals surface area contributed by atoms with Crippen LogP contribution in [0.5, 0.6) is 11.5 Å². The van der Waals surface area contributed by atoms with Crippen LogP contribution in [0.1, 0.15) is 32.0 Å². The Balaban J connectivity index is 1.26. The van der Waals surface area contributed by atoms with E-state index in [9.17, 15) is 9.59 Å². The molecular formula is C29H25ClN2O5. The van der Waals surface area contributed by atoms with E-state index in [2.05, 4.69) is 5.32 Å². The average Bonchev–Trinajstić information content (AvgIpc) is 3.42. The molecule has 1 aliphatic rings. The van der Waals surface area contributed by atoms with E-state index in [4.69, 9.17) is 25.5 Å². The number of fused-ring (bicyclic) bond motifs is 1. The third kappa shape index (κ3) is 5.17. The number of hydrogen-bond donors (Lipinski definition) is 1. The molecule has 0 unspecified atom stereocenters. The molecule has 2 heterocycles. The smallest absolute Gasteiger partial charge is 0.289 e. The van der Waals surface area contributed by atoms with E-state index in [0.717, 1.165) is 23.1 Å². The van der Waals surface area contributed by atoms with Gasteiger partial charge in [0.05, 0.1) is 14.2 Å². The number of benzene rings is 3. The second-order valence-corrected chi connectivity index (χ2v) is 9.09. The topological polar surface area (TPSA) is 81.0 Å². The van der Waals surface area contributed by atoms with Gasteiger partial charge in [0, 0.05) is 34.9 Å². The molecule has 1 aromatic heterocycles. The lowest BCUT2D eigenvalue weighted by atomic mass is 9.98. The zero-order valence-corrected chi connectivity index (χ0v) is 21.2. The predicted molar refractivity (Wildman–Crippen MR) is 142 cm³/mol. The minimum Gasteiger partial charge on any atom is -0.493 e. The molecule has 37 heavy (non-hydrogen) atoms. The highest BCUT2D eigenvalue weighted by atomic mass is 35.5. The van der Waals surface area contributed by atoms with Crippen LogP contribution in [-0.4, -0.2) is 37.5 Å². The molecule has 3 aromatic carbocycles. The summed E-state index contributed by atoms with van der Waals surface area (Å²) in [4.78, 5) is 27.4. The first-order valence-corrected chi connectivity index (χ1v) is 12.1. The van der Waals surface area contributed by atoms with Gasteiger partial charge in [-0.2, -0.15) is 0 Å². The monoisotopic (exact) mass is 516 g/mol. The van der Waals surface area contributed by atoms with Gasteiger partial charge in [-0.05, 0) is 84.3 Å². The molecule has 1 N–H and O–H groups in total. The number of nitrogens with one attached hydrogen (secondary N) is 1. The fourth-order valence-electron chi connectivity index (χ4n) is 4.37. The Kier molecular flexibility index (Phi) is 6.88. The summed E-state index contributed by atoms with van der Waals surface area (Å²) in [5.41, 5.74) is 4.07. The summed E-state index contributed by atoms with van der Waals surface area (Å²) in [6.45, 7) is 1.05. The van der Waals surface area contributed by atoms with Crippen LogP contribution in [0.15, 0.2) is 77.2 Å². The maximum atomic E-state index is 13.2. The van der Waals surface area contributed by atoms with Gasteiger partial charge in [-0.25, -0.2) is 0 Å². The van der Waals surface area contributed by atoms with E-state index in [1.54, 1.807) is 67.7 Å². The van der Waals surface area contributed by atoms with Crippen LogP contribution in [0, 0.1) is 0 Å². The molecule has 0 spiro atoms. The van der Waals surface area contributed by atoms with Crippen molar-refractivity contribution < 1.29 is 23.5 Å². The van der Waals surface area contributed by atoms with Crippen molar-refractivity contribution in [3.8, 4) is 22.8 Å². The molecule has 1 aliphatic heterocycles. The molecule has 0 radical (unpaired) electrons. The largest absolute Gasteiger partial charge is 0.493 e. The number of anilines is 1. The molecule has 0 fully saturated rings. The summed E-state index contributed by atoms with van der Waals surface area (Å²) in [7, 11) is 3.21. The van der Waals surface area contributed by atoms with Crippen LogP contribution in [0.25, 0.3) is 11.3 Å². The molecule has 0 aliphatic carbocycles. The van der Waals surface area contributed by atoms with Crippen LogP contribution in [0.3, 0.4) is 0 Å². The number of furan rings is 1. The van der Waals surface area contributed by atoms with Gasteiger partial charge in [0.15, 0.2) is 17.3 Å². The van der Waals surface area contributed by atoms with Gasteiger partial charge in [-0.1, -0.05) is 17.7 Å². The standard InChI is InChI=1S/C29H25ClN2O5/c1-35-26-15-19-12-13-32(17-21(19)16-27(26)36-2)29(34)25-11-10-24(37-25)18-6-8-23(9-7-18)31-28(33)20-4-3-5-22(30)14-20/h3-11,14-16H,12-13,17H2,1-2H3,(H,31,33). The number of methoxy groups -OCH3 is 2. The molecule has 4 aromatic rings. The Hall–Kier alpha value is -4.23. The van der Waals surface area contributed by atoms with Gasteiger partial charge >= 0.3 is 0 Å². The maximum Gasteiger partial charge on any atom is 0.289 e. The quantitative estimate of drug-likeness (QED) is 0.336. The summed E-state index contributed by atoms with van der Waals surface area (Å²) in [5, 5.41) is 3.35. The normalized spacial score (nSPS) is 12.6. The third-order valence-corrected chi connectivity index (χ3v) is 6.57. The first-order chi connectivity index (χ1) is 17.9. The SMILES string of the molecule is COc1cc2c(cc1OC)CN(C(=O)c1ccc(-c3ccc(NC(=O)c4cccc(Cl)c4)cc3)o1)CC2. The molecule has 188 valence electrons. The molecule has 0 atom stereocenters. The van der Waals surface area contributed by atoms with Gasteiger partial charge in [-0.3, -0.25) is 9.59 Å². The number of halogens is 1. The highest BCUT2D eigenvalue weighted by molar-refractivity contribution is 6.31.